The second kappa shape index (κ2) is 8.54. The number of pyridine rings is 1. The fraction of sp³-hybridized carbons (Fsp3) is 0.500. The molecular formula is C24H30N2O4. The van der Waals surface area contributed by atoms with Gasteiger partial charge in [0.2, 0.25) is 5.79 Å². The summed E-state index contributed by atoms with van der Waals surface area (Å²) in [6.07, 6.45) is 10.7. The third-order valence-electron chi connectivity index (χ3n) is 5.97. The lowest BCUT2D eigenvalue weighted by molar-refractivity contribution is -0.118. The first-order valence-electron chi connectivity index (χ1n) is 10.9. The Hall–Kier alpha value is -2.76. The minimum atomic E-state index is -0.710. The van der Waals surface area contributed by atoms with Crippen LogP contribution < -0.4 is 10.9 Å². The van der Waals surface area contributed by atoms with Crippen molar-refractivity contribution in [3.05, 3.63) is 58.4 Å². The standard InChI is InChI=1S/C24H30N2O4/c1-24(2)29-16-18(30-24)15-26-13-12-19-20(10-7-11-21(19)23(26)28)22(27)25-14-17-8-5-3-4-6-9-17/h7,10-13,16-17H,3-6,8-9,14-15H2,1-2H3,(H,25,27). The summed E-state index contributed by atoms with van der Waals surface area (Å²) in [4.78, 5) is 25.9. The number of rotatable bonds is 5. The van der Waals surface area contributed by atoms with Crippen LogP contribution in [0.25, 0.3) is 10.8 Å². The van der Waals surface area contributed by atoms with E-state index in [1.54, 1.807) is 35.2 Å². The molecule has 0 radical (unpaired) electrons. The molecule has 0 spiro atoms. The van der Waals surface area contributed by atoms with E-state index in [1.165, 1.54) is 38.5 Å². The molecule has 2 aromatic rings. The quantitative estimate of drug-likeness (QED) is 0.745. The van der Waals surface area contributed by atoms with Gasteiger partial charge in [-0.15, -0.1) is 0 Å². The predicted molar refractivity (Wildman–Crippen MR) is 116 cm³/mol. The third-order valence-corrected chi connectivity index (χ3v) is 5.97. The zero-order chi connectivity index (χ0) is 21.1. The van der Waals surface area contributed by atoms with Crippen LogP contribution in [0.15, 0.2) is 47.3 Å². The Morgan fingerprint density at radius 3 is 2.60 bits per heavy atom. The molecule has 160 valence electrons. The number of hydrogen-bond donors (Lipinski definition) is 1. The Morgan fingerprint density at radius 1 is 1.13 bits per heavy atom. The van der Waals surface area contributed by atoms with E-state index in [-0.39, 0.29) is 18.0 Å². The molecule has 1 aromatic heterocycles. The van der Waals surface area contributed by atoms with Crippen molar-refractivity contribution in [1.29, 1.82) is 0 Å². The van der Waals surface area contributed by atoms with Gasteiger partial charge >= 0.3 is 0 Å². The second-order valence-corrected chi connectivity index (χ2v) is 8.79. The van der Waals surface area contributed by atoms with Crippen molar-refractivity contribution >= 4 is 16.7 Å². The van der Waals surface area contributed by atoms with Gasteiger partial charge in [-0.3, -0.25) is 9.59 Å². The van der Waals surface area contributed by atoms with Crippen LogP contribution in [0.2, 0.25) is 0 Å². The summed E-state index contributed by atoms with van der Waals surface area (Å²) < 4.78 is 12.7. The number of hydrogen-bond acceptors (Lipinski definition) is 4. The monoisotopic (exact) mass is 410 g/mol. The van der Waals surface area contributed by atoms with Crippen LogP contribution in [0.5, 0.6) is 0 Å². The van der Waals surface area contributed by atoms with Crippen LogP contribution in [-0.2, 0) is 16.0 Å². The van der Waals surface area contributed by atoms with Crippen molar-refractivity contribution in [2.75, 3.05) is 6.54 Å². The lowest BCUT2D eigenvalue weighted by Gasteiger charge is -2.18. The molecule has 6 heteroatoms. The number of carbonyl (C=O) groups is 1. The van der Waals surface area contributed by atoms with Crippen molar-refractivity contribution in [2.45, 2.75) is 64.7 Å². The molecule has 0 unspecified atom stereocenters. The highest BCUT2D eigenvalue weighted by atomic mass is 16.7. The Balaban J connectivity index is 1.51. The summed E-state index contributed by atoms with van der Waals surface area (Å²) in [6.45, 7) is 4.63. The van der Waals surface area contributed by atoms with Crippen molar-refractivity contribution in [2.24, 2.45) is 5.92 Å². The Kier molecular flexibility index (Phi) is 5.84. The van der Waals surface area contributed by atoms with Crippen LogP contribution in [0.4, 0.5) is 0 Å². The van der Waals surface area contributed by atoms with Gasteiger partial charge in [-0.25, -0.2) is 0 Å². The maximum atomic E-state index is 13.0. The molecule has 1 saturated carbocycles. The van der Waals surface area contributed by atoms with Gasteiger partial charge < -0.3 is 19.4 Å². The van der Waals surface area contributed by atoms with Gasteiger partial charge in [0.1, 0.15) is 6.26 Å². The molecule has 2 heterocycles. The third kappa shape index (κ3) is 4.53. The topological polar surface area (TPSA) is 69.6 Å². The summed E-state index contributed by atoms with van der Waals surface area (Å²) in [6, 6.07) is 7.15. The molecule has 1 N–H and O–H groups in total. The summed E-state index contributed by atoms with van der Waals surface area (Å²) >= 11 is 0. The highest BCUT2D eigenvalue weighted by Crippen LogP contribution is 2.25. The molecule has 0 atom stereocenters. The first-order chi connectivity index (χ1) is 14.4. The molecule has 1 aliphatic heterocycles. The molecule has 2 aliphatic rings. The van der Waals surface area contributed by atoms with E-state index < -0.39 is 5.79 Å². The summed E-state index contributed by atoms with van der Waals surface area (Å²) in [5, 5.41) is 4.30. The van der Waals surface area contributed by atoms with Crippen LogP contribution >= 0.6 is 0 Å². The minimum Gasteiger partial charge on any atom is -0.457 e. The first kappa shape index (κ1) is 20.5. The number of benzene rings is 1. The van der Waals surface area contributed by atoms with Crippen LogP contribution in [0.3, 0.4) is 0 Å². The van der Waals surface area contributed by atoms with Crippen molar-refractivity contribution < 1.29 is 14.3 Å². The van der Waals surface area contributed by atoms with E-state index in [2.05, 4.69) is 5.32 Å². The lowest BCUT2D eigenvalue weighted by Crippen LogP contribution is -2.30. The molecule has 1 aliphatic carbocycles. The fourth-order valence-electron chi connectivity index (χ4n) is 4.35. The van der Waals surface area contributed by atoms with Crippen LogP contribution in [-0.4, -0.2) is 22.8 Å². The smallest absolute Gasteiger partial charge is 0.258 e. The van der Waals surface area contributed by atoms with Gasteiger partial charge in [0.05, 0.1) is 6.54 Å². The molecule has 1 aromatic carbocycles. The van der Waals surface area contributed by atoms with Crippen molar-refractivity contribution in [3.8, 4) is 0 Å². The average Bonchev–Trinajstić information content (AvgIpc) is 2.92. The van der Waals surface area contributed by atoms with E-state index in [0.29, 0.717) is 34.6 Å². The van der Waals surface area contributed by atoms with E-state index in [1.807, 2.05) is 19.9 Å². The number of nitrogens with one attached hydrogen (secondary N) is 1. The Morgan fingerprint density at radius 2 is 1.90 bits per heavy atom. The number of nitrogens with zero attached hydrogens (tertiary/aromatic N) is 1. The summed E-state index contributed by atoms with van der Waals surface area (Å²) in [5.41, 5.74) is 0.395. The molecule has 4 rings (SSSR count). The number of allylic oxidation sites excluding steroid dienone is 1. The van der Waals surface area contributed by atoms with Gasteiger partial charge in [0.25, 0.3) is 11.5 Å². The van der Waals surface area contributed by atoms with Crippen LogP contribution in [0.1, 0.15) is 62.7 Å². The predicted octanol–water partition coefficient (Wildman–Crippen LogP) is 4.33. The zero-order valence-corrected chi connectivity index (χ0v) is 17.8. The van der Waals surface area contributed by atoms with Crippen molar-refractivity contribution in [1.82, 2.24) is 9.88 Å². The molecule has 1 fully saturated rings. The van der Waals surface area contributed by atoms with Crippen LogP contribution in [0, 0.1) is 5.92 Å². The van der Waals surface area contributed by atoms with Gasteiger partial charge in [-0.2, -0.15) is 0 Å². The van der Waals surface area contributed by atoms with Gasteiger partial charge in [0.15, 0.2) is 5.76 Å². The van der Waals surface area contributed by atoms with Crippen molar-refractivity contribution in [3.63, 3.8) is 0 Å². The molecule has 0 saturated heterocycles. The number of ether oxygens (including phenoxy) is 2. The number of fused-ring (bicyclic) bond motifs is 1. The normalized spacial score (nSPS) is 18.9. The van der Waals surface area contributed by atoms with Gasteiger partial charge in [-0.05, 0) is 37.0 Å². The fourth-order valence-corrected chi connectivity index (χ4v) is 4.35. The SMILES string of the molecule is CC1(C)OC=C(Cn2ccc3c(C(=O)NCC4CCCCCC4)cccc3c2=O)O1. The number of aromatic nitrogens is 1. The summed E-state index contributed by atoms with van der Waals surface area (Å²) in [7, 11) is 0. The molecule has 30 heavy (non-hydrogen) atoms. The molecular weight excluding hydrogens is 380 g/mol. The van der Waals surface area contributed by atoms with E-state index in [9.17, 15) is 9.59 Å². The average molecular weight is 411 g/mol. The van der Waals surface area contributed by atoms with Gasteiger partial charge in [0, 0.05) is 42.9 Å². The maximum absolute atomic E-state index is 13.0. The zero-order valence-electron chi connectivity index (χ0n) is 17.8. The van der Waals surface area contributed by atoms with Gasteiger partial charge in [-0.1, -0.05) is 31.7 Å². The van der Waals surface area contributed by atoms with E-state index >= 15 is 0 Å². The van der Waals surface area contributed by atoms with E-state index in [4.69, 9.17) is 9.47 Å². The maximum Gasteiger partial charge on any atom is 0.258 e. The Labute approximate surface area is 176 Å². The van der Waals surface area contributed by atoms with E-state index in [0.717, 1.165) is 0 Å². The second-order valence-electron chi connectivity index (χ2n) is 8.79. The molecule has 6 nitrogen and oxygen atoms in total. The minimum absolute atomic E-state index is 0.112. The molecule has 0 bridgehead atoms. The highest BCUT2D eigenvalue weighted by molar-refractivity contribution is 6.06. The Bertz CT molecular complexity index is 1010. The largest absolute Gasteiger partial charge is 0.457 e. The first-order valence-corrected chi connectivity index (χ1v) is 10.9. The number of carbonyl (C=O) groups excluding carboxylic acids is 1. The molecule has 1 amide bonds. The highest BCUT2D eigenvalue weighted by Gasteiger charge is 2.27. The lowest BCUT2D eigenvalue weighted by atomic mass is 10.00. The number of amides is 1. The summed E-state index contributed by atoms with van der Waals surface area (Å²) in [5.74, 6) is 0.325.